The van der Waals surface area contributed by atoms with E-state index in [0.717, 1.165) is 42.3 Å². The number of ether oxygens (including phenoxy) is 1. The summed E-state index contributed by atoms with van der Waals surface area (Å²) in [6.07, 6.45) is 2.69. The molecule has 1 aromatic heterocycles. The largest absolute Gasteiger partial charge is 0.485 e. The summed E-state index contributed by atoms with van der Waals surface area (Å²) in [6, 6.07) is 10.1. The van der Waals surface area contributed by atoms with Gasteiger partial charge in [0.1, 0.15) is 23.9 Å². The van der Waals surface area contributed by atoms with E-state index in [9.17, 15) is 0 Å². The van der Waals surface area contributed by atoms with Crippen molar-refractivity contribution in [2.45, 2.75) is 33.4 Å². The molecule has 0 aliphatic heterocycles. The Bertz CT molecular complexity index is 587. The summed E-state index contributed by atoms with van der Waals surface area (Å²) < 4.78 is 11.6. The molecule has 21 heavy (non-hydrogen) atoms. The van der Waals surface area contributed by atoms with Crippen LogP contribution in [0.15, 0.2) is 47.4 Å². The van der Waals surface area contributed by atoms with E-state index in [1.807, 2.05) is 31.2 Å². The molecule has 112 valence electrons. The topological polar surface area (TPSA) is 34.4 Å². The molecule has 2 aromatic rings. The Morgan fingerprint density at radius 3 is 2.86 bits per heavy atom. The summed E-state index contributed by atoms with van der Waals surface area (Å²) in [5.74, 6) is 2.70. The van der Waals surface area contributed by atoms with Gasteiger partial charge in [-0.25, -0.2) is 0 Å². The van der Waals surface area contributed by atoms with Gasteiger partial charge in [-0.2, -0.15) is 0 Å². The van der Waals surface area contributed by atoms with Crippen LogP contribution in [0.25, 0.3) is 0 Å². The predicted octanol–water partition coefficient (Wildman–Crippen LogP) is 4.01. The van der Waals surface area contributed by atoms with Gasteiger partial charge >= 0.3 is 0 Å². The first-order valence-electron chi connectivity index (χ1n) is 7.35. The molecule has 3 heteroatoms. The second kappa shape index (κ2) is 7.70. The maximum absolute atomic E-state index is 5.89. The minimum atomic E-state index is 0.446. The molecular formula is C18H23NO2. The summed E-state index contributed by atoms with van der Waals surface area (Å²) in [7, 11) is 0. The molecule has 1 heterocycles. The average molecular weight is 285 g/mol. The summed E-state index contributed by atoms with van der Waals surface area (Å²) in [6.45, 7) is 10.1. The van der Waals surface area contributed by atoms with Crippen LogP contribution in [0.1, 0.15) is 29.6 Å². The van der Waals surface area contributed by atoms with Gasteiger partial charge in [0.25, 0.3) is 0 Å². The van der Waals surface area contributed by atoms with Crippen molar-refractivity contribution in [3.8, 4) is 5.75 Å². The van der Waals surface area contributed by atoms with Crippen LogP contribution in [0.2, 0.25) is 0 Å². The highest BCUT2D eigenvalue weighted by Crippen LogP contribution is 2.21. The van der Waals surface area contributed by atoms with Gasteiger partial charge in [0.05, 0.1) is 0 Å². The van der Waals surface area contributed by atoms with Crippen molar-refractivity contribution in [3.63, 3.8) is 0 Å². The number of allylic oxidation sites excluding steroid dienone is 1. The highest BCUT2D eigenvalue weighted by atomic mass is 16.5. The second-order valence-corrected chi connectivity index (χ2v) is 4.96. The molecule has 0 saturated heterocycles. The van der Waals surface area contributed by atoms with Gasteiger partial charge in [0.15, 0.2) is 0 Å². The Balaban J connectivity index is 2.01. The van der Waals surface area contributed by atoms with Gasteiger partial charge in [0.2, 0.25) is 0 Å². The van der Waals surface area contributed by atoms with E-state index in [4.69, 9.17) is 9.15 Å². The molecule has 0 bridgehead atoms. The predicted molar refractivity (Wildman–Crippen MR) is 85.5 cm³/mol. The van der Waals surface area contributed by atoms with Crippen molar-refractivity contribution in [3.05, 3.63) is 65.6 Å². The van der Waals surface area contributed by atoms with Crippen molar-refractivity contribution in [1.29, 1.82) is 0 Å². The first kappa shape index (κ1) is 15.4. The van der Waals surface area contributed by atoms with Crippen LogP contribution in [-0.4, -0.2) is 6.54 Å². The van der Waals surface area contributed by atoms with E-state index < -0.39 is 0 Å². The molecule has 0 spiro atoms. The first-order chi connectivity index (χ1) is 10.2. The van der Waals surface area contributed by atoms with Gasteiger partial charge in [-0.05, 0) is 37.6 Å². The monoisotopic (exact) mass is 285 g/mol. The van der Waals surface area contributed by atoms with Gasteiger partial charge in [0, 0.05) is 12.1 Å². The van der Waals surface area contributed by atoms with Gasteiger partial charge in [-0.1, -0.05) is 31.2 Å². The minimum absolute atomic E-state index is 0.446. The quantitative estimate of drug-likeness (QED) is 0.744. The molecule has 1 N–H and O–H groups in total. The first-order valence-corrected chi connectivity index (χ1v) is 7.35. The molecule has 0 atom stereocenters. The van der Waals surface area contributed by atoms with Crippen LogP contribution in [0, 0.1) is 6.92 Å². The zero-order chi connectivity index (χ0) is 15.1. The van der Waals surface area contributed by atoms with E-state index >= 15 is 0 Å². The van der Waals surface area contributed by atoms with Crippen molar-refractivity contribution in [1.82, 2.24) is 5.32 Å². The zero-order valence-electron chi connectivity index (χ0n) is 12.8. The Kier molecular flexibility index (Phi) is 5.64. The van der Waals surface area contributed by atoms with Gasteiger partial charge < -0.3 is 14.5 Å². The van der Waals surface area contributed by atoms with E-state index in [2.05, 4.69) is 31.0 Å². The molecule has 0 amide bonds. The zero-order valence-corrected chi connectivity index (χ0v) is 12.8. The van der Waals surface area contributed by atoms with Crippen LogP contribution in [0.3, 0.4) is 0 Å². The van der Waals surface area contributed by atoms with E-state index in [1.165, 1.54) is 5.56 Å². The van der Waals surface area contributed by atoms with E-state index in [0.29, 0.717) is 6.61 Å². The van der Waals surface area contributed by atoms with Crippen LogP contribution >= 0.6 is 0 Å². The smallest absolute Gasteiger partial charge is 0.146 e. The lowest BCUT2D eigenvalue weighted by Crippen LogP contribution is -2.11. The Hall–Kier alpha value is -2.00. The summed E-state index contributed by atoms with van der Waals surface area (Å²) >= 11 is 0. The number of furan rings is 1. The highest BCUT2D eigenvalue weighted by molar-refractivity contribution is 5.34. The lowest BCUT2D eigenvalue weighted by Gasteiger charge is -2.08. The third-order valence-corrected chi connectivity index (χ3v) is 3.34. The molecule has 2 rings (SSSR count). The molecule has 1 aromatic carbocycles. The SMILES string of the molecule is C=CCc1ccccc1OCc1cc(CNCC)c(C)o1. The maximum atomic E-state index is 5.89. The number of nitrogens with one attached hydrogen (secondary N) is 1. The van der Waals surface area contributed by atoms with Crippen LogP contribution in [-0.2, 0) is 19.6 Å². The summed E-state index contributed by atoms with van der Waals surface area (Å²) in [4.78, 5) is 0. The number of hydrogen-bond acceptors (Lipinski definition) is 3. The van der Waals surface area contributed by atoms with Crippen LogP contribution in [0.4, 0.5) is 0 Å². The van der Waals surface area contributed by atoms with Crippen molar-refractivity contribution >= 4 is 0 Å². The Labute approximate surface area is 126 Å². The molecule has 0 aliphatic rings. The standard InChI is InChI=1S/C18H23NO2/c1-4-8-15-9-6-7-10-18(15)20-13-17-11-16(12-19-5-2)14(3)21-17/h4,6-7,9-11,19H,1,5,8,12-13H2,2-3H3. The Morgan fingerprint density at radius 1 is 1.29 bits per heavy atom. The third-order valence-electron chi connectivity index (χ3n) is 3.34. The summed E-state index contributed by atoms with van der Waals surface area (Å²) in [5, 5.41) is 3.31. The number of para-hydroxylation sites is 1. The molecular weight excluding hydrogens is 262 g/mol. The molecule has 0 aliphatic carbocycles. The van der Waals surface area contributed by atoms with E-state index in [1.54, 1.807) is 0 Å². The van der Waals surface area contributed by atoms with Gasteiger partial charge in [-0.3, -0.25) is 0 Å². The highest BCUT2D eigenvalue weighted by Gasteiger charge is 2.08. The fourth-order valence-corrected chi connectivity index (χ4v) is 2.21. The third kappa shape index (κ3) is 4.23. The second-order valence-electron chi connectivity index (χ2n) is 4.96. The molecule has 0 fully saturated rings. The van der Waals surface area contributed by atoms with Crippen LogP contribution in [0.5, 0.6) is 5.75 Å². The van der Waals surface area contributed by atoms with Crippen molar-refractivity contribution in [2.24, 2.45) is 0 Å². The van der Waals surface area contributed by atoms with E-state index in [-0.39, 0.29) is 0 Å². The fourth-order valence-electron chi connectivity index (χ4n) is 2.21. The molecule has 0 unspecified atom stereocenters. The maximum Gasteiger partial charge on any atom is 0.146 e. The molecule has 3 nitrogen and oxygen atoms in total. The lowest BCUT2D eigenvalue weighted by atomic mass is 10.1. The molecule has 0 saturated carbocycles. The normalized spacial score (nSPS) is 10.6. The van der Waals surface area contributed by atoms with Gasteiger partial charge in [-0.15, -0.1) is 6.58 Å². The lowest BCUT2D eigenvalue weighted by molar-refractivity contribution is 0.265. The molecule has 0 radical (unpaired) electrons. The number of benzene rings is 1. The van der Waals surface area contributed by atoms with Crippen molar-refractivity contribution < 1.29 is 9.15 Å². The fraction of sp³-hybridized carbons (Fsp3) is 0.333. The number of aryl methyl sites for hydroxylation is 1. The number of hydrogen-bond donors (Lipinski definition) is 1. The van der Waals surface area contributed by atoms with Crippen molar-refractivity contribution in [2.75, 3.05) is 6.54 Å². The van der Waals surface area contributed by atoms with Crippen LogP contribution < -0.4 is 10.1 Å². The summed E-state index contributed by atoms with van der Waals surface area (Å²) in [5.41, 5.74) is 2.33. The number of rotatable bonds is 8. The minimum Gasteiger partial charge on any atom is -0.485 e. The Morgan fingerprint density at radius 2 is 2.10 bits per heavy atom. The average Bonchev–Trinajstić information content (AvgIpc) is 2.85.